The van der Waals surface area contributed by atoms with Crippen LogP contribution < -0.4 is 22.5 Å². The maximum Gasteiger partial charge on any atom is 0.412 e. The van der Waals surface area contributed by atoms with Crippen LogP contribution in [0.5, 0.6) is 0 Å². The van der Waals surface area contributed by atoms with E-state index in [1.807, 2.05) is 78.3 Å². The molecule has 4 heterocycles. The van der Waals surface area contributed by atoms with Crippen molar-refractivity contribution in [3.05, 3.63) is 114 Å². The fraction of sp³-hybridized carbons (Fsp3) is 0.623. The Morgan fingerprint density at radius 1 is 0.552 bits per heavy atom. The summed E-state index contributed by atoms with van der Waals surface area (Å²) >= 11 is 0. The molecule has 4 aliphatic rings. The van der Waals surface area contributed by atoms with Crippen LogP contribution in [0.2, 0.25) is 0 Å². The van der Waals surface area contributed by atoms with Crippen molar-refractivity contribution in [1.29, 1.82) is 0 Å². The number of nitrogen functional groups attached to an aromatic ring is 2. The average Bonchev–Trinajstić information content (AvgIpc) is 1.46. The smallest absolute Gasteiger partial charge is 0.412 e. The summed E-state index contributed by atoms with van der Waals surface area (Å²) in [5, 5.41) is 13.0. The minimum Gasteiger partial charge on any atom is -0.462 e. The van der Waals surface area contributed by atoms with E-state index in [1.54, 1.807) is 37.9 Å². The minimum atomic E-state index is -0.537. The van der Waals surface area contributed by atoms with Crippen LogP contribution in [-0.2, 0) is 100 Å². The normalized spacial score (nSPS) is 26.5. The first kappa shape index (κ1) is 83.2. The van der Waals surface area contributed by atoms with Crippen molar-refractivity contribution in [2.45, 2.75) is 237 Å². The number of anilines is 3. The van der Waals surface area contributed by atoms with E-state index in [0.29, 0.717) is 65.4 Å². The van der Waals surface area contributed by atoms with Gasteiger partial charge in [-0.15, -0.1) is 6.04 Å². The summed E-state index contributed by atoms with van der Waals surface area (Å²) in [6.07, 6.45) is 26.9. The van der Waals surface area contributed by atoms with Crippen LogP contribution in [0.25, 0.3) is 0 Å². The quantitative estimate of drug-likeness (QED) is 0.0624. The van der Waals surface area contributed by atoms with Crippen LogP contribution in [0, 0.1) is 54.3 Å². The molecule has 87 heavy (non-hydrogen) atoms. The average molecular weight is 1360 g/mol. The molecular formula is C69H110N8O8Y2-2. The first-order valence-corrected chi connectivity index (χ1v) is 30.1. The molecule has 14 atom stereocenters. The van der Waals surface area contributed by atoms with Crippen molar-refractivity contribution in [1.82, 2.24) is 19.9 Å². The van der Waals surface area contributed by atoms with Gasteiger partial charge in [-0.05, 0) is 174 Å². The third-order valence-electron chi connectivity index (χ3n) is 15.8. The van der Waals surface area contributed by atoms with Gasteiger partial charge in [-0.3, -0.25) is 39.6 Å². The molecule has 0 saturated heterocycles. The number of esters is 2. The molecule has 0 spiro atoms. The van der Waals surface area contributed by atoms with Crippen LogP contribution in [0.15, 0.2) is 73.8 Å². The molecule has 8 N–H and O–H groups in total. The number of aliphatic hydroxyl groups excluding tert-OH is 1. The number of ether oxygens (including phenoxy) is 3. The Balaban J connectivity index is 0.00000108. The molecule has 0 aromatic carbocycles. The van der Waals surface area contributed by atoms with E-state index >= 15 is 0 Å². The third-order valence-corrected chi connectivity index (χ3v) is 15.8. The van der Waals surface area contributed by atoms with Gasteiger partial charge in [-0.25, -0.2) is 4.79 Å². The van der Waals surface area contributed by atoms with E-state index in [9.17, 15) is 24.3 Å². The van der Waals surface area contributed by atoms with Gasteiger partial charge in [0.25, 0.3) is 0 Å². The summed E-state index contributed by atoms with van der Waals surface area (Å²) in [5.74, 6) is 4.70. The van der Waals surface area contributed by atoms with Gasteiger partial charge in [0.15, 0.2) is 0 Å². The maximum absolute atomic E-state index is 12.0. The number of nitrogens with zero attached hydrogens (tertiary/aromatic N) is 4. The fourth-order valence-corrected chi connectivity index (χ4v) is 12.8. The molecule has 0 aliphatic heterocycles. The Hall–Kier alpha value is -3.79. The number of nitrogens with two attached hydrogens (primary N) is 3. The monoisotopic (exact) mass is 1360 g/mol. The molecule has 4 aliphatic carbocycles. The molecule has 8 rings (SSSR count). The van der Waals surface area contributed by atoms with Crippen LogP contribution in [0.4, 0.5) is 21.9 Å². The van der Waals surface area contributed by atoms with E-state index in [1.165, 1.54) is 43.4 Å². The Labute approximate surface area is 574 Å². The number of amides is 1. The van der Waals surface area contributed by atoms with Gasteiger partial charge in [-0.2, -0.15) is 17.8 Å². The number of carbonyl (C=O) groups is 4. The molecule has 4 aromatic heterocycles. The Morgan fingerprint density at radius 2 is 0.943 bits per heavy atom. The Morgan fingerprint density at radius 3 is 1.36 bits per heavy atom. The van der Waals surface area contributed by atoms with Crippen molar-refractivity contribution < 1.29 is 104 Å². The molecule has 18 heteroatoms. The largest absolute Gasteiger partial charge is 0.462 e. The van der Waals surface area contributed by atoms with Crippen LogP contribution >= 0.6 is 0 Å². The molecule has 0 bridgehead atoms. The van der Waals surface area contributed by atoms with E-state index in [-0.39, 0.29) is 134 Å². The zero-order valence-corrected chi connectivity index (χ0v) is 59.7. The molecular weight excluding hydrogens is 1250 g/mol. The number of rotatable bonds is 8. The first-order chi connectivity index (χ1) is 38.8. The van der Waals surface area contributed by atoms with E-state index < -0.39 is 11.7 Å². The van der Waals surface area contributed by atoms with Gasteiger partial charge >= 0.3 is 18.0 Å². The summed E-state index contributed by atoms with van der Waals surface area (Å²) in [6, 6.07) is 8.25. The molecule has 2 radical (unpaired) electrons. The second kappa shape index (κ2) is 39.5. The van der Waals surface area contributed by atoms with Gasteiger partial charge in [0.2, 0.25) is 0 Å². The van der Waals surface area contributed by atoms with Crippen LogP contribution in [0.3, 0.4) is 0 Å². The molecule has 16 nitrogen and oxygen atoms in total. The summed E-state index contributed by atoms with van der Waals surface area (Å²) in [7, 11) is 0. The second-order valence-corrected chi connectivity index (χ2v) is 26.4. The van der Waals surface area contributed by atoms with Crippen molar-refractivity contribution >= 4 is 40.9 Å². The molecule has 4 fully saturated rings. The summed E-state index contributed by atoms with van der Waals surface area (Å²) < 4.78 is 15.6. The summed E-state index contributed by atoms with van der Waals surface area (Å²) in [5.41, 5.74) is 25.3. The first-order valence-electron chi connectivity index (χ1n) is 30.1. The van der Waals surface area contributed by atoms with E-state index in [2.05, 4.69) is 92.6 Å². The number of aromatic nitrogens is 4. The van der Waals surface area contributed by atoms with Gasteiger partial charge in [0.05, 0.1) is 41.8 Å². The van der Waals surface area contributed by atoms with Gasteiger partial charge in [-0.1, -0.05) is 89.0 Å². The van der Waals surface area contributed by atoms with Crippen molar-refractivity contribution in [3.8, 4) is 0 Å². The number of ketones is 1. The SMILES string of the molecule is C.C.CC(=O)Cc1cnccc1[C@@H]1C[C@H](C)[CH-][C@H](N)C1.CC(=O)OC(C)(C)C.CC(=O)OC1[C@H](C)CC(c2ccncc2N)C[C@@H]1C.C[C@@H]1CC(c2ccncc2NC(=O)OC(C)(C)C)C[C@H](C)C1O.C[C@@H]1[CH-][C@H](C)CC(c2ccncc2N)C1.[Y].[Y]. The number of hydrogen-bond donors (Lipinski definition) is 5. The van der Waals surface area contributed by atoms with Crippen molar-refractivity contribution in [2.75, 3.05) is 16.8 Å². The molecule has 4 aromatic rings. The predicted octanol–water partition coefficient (Wildman–Crippen LogP) is 14.6. The van der Waals surface area contributed by atoms with Crippen molar-refractivity contribution in [2.24, 2.45) is 47.2 Å². The van der Waals surface area contributed by atoms with E-state index in [4.69, 9.17) is 31.4 Å². The molecule has 482 valence electrons. The topological polar surface area (TPSA) is 258 Å². The van der Waals surface area contributed by atoms with Crippen LogP contribution in [0.1, 0.15) is 228 Å². The molecule has 1 amide bonds. The van der Waals surface area contributed by atoms with Gasteiger partial charge < -0.3 is 49.4 Å². The molecule has 5 unspecified atom stereocenters. The third kappa shape index (κ3) is 29.4. The molecule has 4 saturated carbocycles. The number of nitrogens with one attached hydrogen (secondary N) is 1. The maximum atomic E-state index is 12.0. The summed E-state index contributed by atoms with van der Waals surface area (Å²) in [4.78, 5) is 61.1. The zero-order valence-electron chi connectivity index (χ0n) is 54.0. The van der Waals surface area contributed by atoms with Gasteiger partial charge in [0.1, 0.15) is 23.1 Å². The van der Waals surface area contributed by atoms with Crippen molar-refractivity contribution in [3.63, 3.8) is 0 Å². The number of Topliss-reactive ketones (excluding diaryl/α,β-unsaturated/α-hetero) is 1. The van der Waals surface area contributed by atoms with Gasteiger partial charge in [0, 0.05) is 117 Å². The van der Waals surface area contributed by atoms with E-state index in [0.717, 1.165) is 61.0 Å². The number of carbonyl (C=O) groups excluding carboxylic acids is 4. The predicted molar refractivity (Wildman–Crippen MR) is 345 cm³/mol. The minimum absolute atomic E-state index is 0. The second-order valence-electron chi connectivity index (χ2n) is 26.4. The summed E-state index contributed by atoms with van der Waals surface area (Å²) in [6.45, 7) is 30.8. The Bertz CT molecular complexity index is 2640. The number of pyridine rings is 4. The fourth-order valence-electron chi connectivity index (χ4n) is 12.8. The number of aliphatic hydroxyl groups is 1. The van der Waals surface area contributed by atoms with Crippen LogP contribution in [-0.4, -0.2) is 78.3 Å². The number of hydrogen-bond acceptors (Lipinski definition) is 15. The Kier molecular flexibility index (Phi) is 37.7. The standard InChI is InChI=1S/C18H28N2O3.C15H22N2O2.C15H21N2O.C13H19N2.C6H12O2.2CH4.2Y/c1-11-8-13(9-12(2)16(11)21)14-6-7-19-10-15(14)20-17(22)23-18(3,4)5;1-9-6-12(13-4-5-17-8-14(13)16)7-10(2)15(9)19-11(3)18;1-10-5-12(8-14(16)6-10)15-3-4-17-9-13(15)7-11(2)18;1-9-5-10(2)7-11(6-9)12-3-4-15-8-13(12)14;1-5(7)8-6(2,3)4;;;;/h6-7,10-13,16,21H,8-9H2,1-5H3,(H,20,22);4-5,8-10,12,15H,6-7,16H2,1-3H3;3-4,6,9-10,12,14H,5,7-8,16H2,1-2H3;3-5,8-11H,6-7,14H2,1-2H3;1-4H3;2*1H4;;/q;;2*-1;;;;;/t11-,12+,13?,16?;9-,10+,12?,15?;10-,12+,14-;9-,10+,11?;;;;;/m..0....../s1. The zero-order chi connectivity index (χ0) is 61.9.